The summed E-state index contributed by atoms with van der Waals surface area (Å²) >= 11 is 1.28. The standard InChI is InChI=1S/C5H10N2O2S/c6-1-2-10-3-4(7)5(8)9/h1-2,4H,3,6-7H2,(H,8,9)/b2-1+/t4-/m1/s1. The average Bonchev–Trinajstić information content (AvgIpc) is 1.88. The summed E-state index contributed by atoms with van der Waals surface area (Å²) in [6, 6.07) is -0.804. The largest absolute Gasteiger partial charge is 0.480 e. The van der Waals surface area contributed by atoms with Crippen LogP contribution < -0.4 is 11.5 Å². The van der Waals surface area contributed by atoms with Crippen LogP contribution in [0.5, 0.6) is 0 Å². The maximum atomic E-state index is 10.1. The van der Waals surface area contributed by atoms with Crippen molar-refractivity contribution in [1.82, 2.24) is 0 Å². The van der Waals surface area contributed by atoms with Gasteiger partial charge in [-0.25, -0.2) is 0 Å². The highest BCUT2D eigenvalue weighted by Crippen LogP contribution is 2.01. The fourth-order valence-electron chi connectivity index (χ4n) is 0.286. The Morgan fingerprint density at radius 1 is 1.80 bits per heavy atom. The lowest BCUT2D eigenvalue weighted by Crippen LogP contribution is -2.32. The van der Waals surface area contributed by atoms with Crippen molar-refractivity contribution in [2.45, 2.75) is 6.04 Å². The number of carboxylic acid groups (broad SMARTS) is 1. The van der Waals surface area contributed by atoms with Crippen LogP contribution in [0.15, 0.2) is 11.6 Å². The number of carbonyl (C=O) groups is 1. The third-order valence-corrected chi connectivity index (χ3v) is 1.67. The van der Waals surface area contributed by atoms with Gasteiger partial charge in [-0.3, -0.25) is 4.79 Å². The van der Waals surface area contributed by atoms with Gasteiger partial charge >= 0.3 is 5.97 Å². The molecule has 0 aliphatic heterocycles. The molecule has 5 heteroatoms. The molecule has 0 spiro atoms. The van der Waals surface area contributed by atoms with Crippen molar-refractivity contribution in [3.63, 3.8) is 0 Å². The van der Waals surface area contributed by atoms with Crippen LogP contribution in [0.1, 0.15) is 0 Å². The second kappa shape index (κ2) is 5.13. The molecule has 0 bridgehead atoms. The zero-order chi connectivity index (χ0) is 7.98. The molecule has 10 heavy (non-hydrogen) atoms. The quantitative estimate of drug-likeness (QED) is 0.521. The van der Waals surface area contributed by atoms with Gasteiger partial charge in [0, 0.05) is 12.0 Å². The molecule has 0 aliphatic rings. The molecule has 1 atom stereocenters. The van der Waals surface area contributed by atoms with Crippen molar-refractivity contribution in [2.75, 3.05) is 5.75 Å². The van der Waals surface area contributed by atoms with E-state index in [1.165, 1.54) is 18.0 Å². The Morgan fingerprint density at radius 2 is 2.40 bits per heavy atom. The minimum absolute atomic E-state index is 0.350. The number of thioether (sulfide) groups is 1. The highest BCUT2D eigenvalue weighted by atomic mass is 32.2. The van der Waals surface area contributed by atoms with E-state index in [9.17, 15) is 4.79 Å². The smallest absolute Gasteiger partial charge is 0.321 e. The predicted molar refractivity (Wildman–Crippen MR) is 41.4 cm³/mol. The van der Waals surface area contributed by atoms with Gasteiger partial charge in [0.15, 0.2) is 0 Å². The number of aliphatic carboxylic acids is 1. The second-order valence-corrected chi connectivity index (χ2v) is 2.55. The van der Waals surface area contributed by atoms with Crippen molar-refractivity contribution < 1.29 is 9.90 Å². The first-order valence-electron chi connectivity index (χ1n) is 2.65. The first-order valence-corrected chi connectivity index (χ1v) is 3.70. The Bertz CT molecular complexity index is 138. The van der Waals surface area contributed by atoms with Crippen LogP contribution in [0, 0.1) is 0 Å². The topological polar surface area (TPSA) is 89.3 Å². The van der Waals surface area contributed by atoms with Crippen LogP contribution in [0.3, 0.4) is 0 Å². The molecule has 0 fully saturated rings. The minimum atomic E-state index is -0.988. The van der Waals surface area contributed by atoms with Gasteiger partial charge in [0.05, 0.1) is 0 Å². The van der Waals surface area contributed by atoms with Crippen molar-refractivity contribution in [2.24, 2.45) is 11.5 Å². The monoisotopic (exact) mass is 162 g/mol. The third kappa shape index (κ3) is 4.22. The van der Waals surface area contributed by atoms with E-state index in [4.69, 9.17) is 16.6 Å². The molecule has 58 valence electrons. The van der Waals surface area contributed by atoms with Crippen LogP contribution in [-0.2, 0) is 4.79 Å². The zero-order valence-corrected chi connectivity index (χ0v) is 6.17. The van der Waals surface area contributed by atoms with Gasteiger partial charge in [-0.05, 0) is 5.41 Å². The Labute approximate surface area is 63.3 Å². The fraction of sp³-hybridized carbons (Fsp3) is 0.400. The number of nitrogens with two attached hydrogens (primary N) is 2. The maximum Gasteiger partial charge on any atom is 0.321 e. The molecule has 0 saturated carbocycles. The summed E-state index contributed by atoms with van der Waals surface area (Å²) in [7, 11) is 0. The predicted octanol–water partition coefficient (Wildman–Crippen LogP) is -0.439. The highest BCUT2D eigenvalue weighted by Gasteiger charge is 2.09. The lowest BCUT2D eigenvalue weighted by molar-refractivity contribution is -0.137. The first-order chi connectivity index (χ1) is 4.68. The van der Waals surface area contributed by atoms with E-state index in [1.54, 1.807) is 5.41 Å². The molecule has 0 aromatic heterocycles. The Morgan fingerprint density at radius 3 is 2.80 bits per heavy atom. The summed E-state index contributed by atoms with van der Waals surface area (Å²) in [6.07, 6.45) is 1.35. The lowest BCUT2D eigenvalue weighted by Gasteiger charge is -2.01. The molecule has 0 aliphatic carbocycles. The second-order valence-electron chi connectivity index (χ2n) is 1.61. The van der Waals surface area contributed by atoms with Crippen LogP contribution >= 0.6 is 11.8 Å². The molecule has 0 aromatic rings. The zero-order valence-electron chi connectivity index (χ0n) is 5.36. The van der Waals surface area contributed by atoms with Crippen LogP contribution in [0.4, 0.5) is 0 Å². The summed E-state index contributed by atoms with van der Waals surface area (Å²) in [6.45, 7) is 0. The summed E-state index contributed by atoms with van der Waals surface area (Å²) in [5.74, 6) is -0.638. The maximum absolute atomic E-state index is 10.1. The van der Waals surface area contributed by atoms with Gasteiger partial charge in [0.1, 0.15) is 6.04 Å². The summed E-state index contributed by atoms with van der Waals surface area (Å²) < 4.78 is 0. The molecule has 0 rings (SSSR count). The molecule has 0 amide bonds. The Hall–Kier alpha value is -0.680. The van der Waals surface area contributed by atoms with Crippen LogP contribution in [0.2, 0.25) is 0 Å². The number of hydrogen-bond acceptors (Lipinski definition) is 4. The third-order valence-electron chi connectivity index (χ3n) is 0.768. The lowest BCUT2D eigenvalue weighted by atomic mass is 10.4. The van der Waals surface area contributed by atoms with E-state index in [0.717, 1.165) is 0 Å². The molecular weight excluding hydrogens is 152 g/mol. The Kier molecular flexibility index (Phi) is 4.78. The molecular formula is C5H10N2O2S. The molecule has 0 unspecified atom stereocenters. The van der Waals surface area contributed by atoms with Gasteiger partial charge in [-0.2, -0.15) is 0 Å². The number of carboxylic acids is 1. The highest BCUT2D eigenvalue weighted by molar-refractivity contribution is 8.02. The van der Waals surface area contributed by atoms with Gasteiger partial charge in [0.2, 0.25) is 0 Å². The number of rotatable bonds is 4. The van der Waals surface area contributed by atoms with Crippen molar-refractivity contribution in [3.8, 4) is 0 Å². The summed E-state index contributed by atoms with van der Waals surface area (Å²) in [5.41, 5.74) is 10.2. The number of hydrogen-bond donors (Lipinski definition) is 3. The normalized spacial score (nSPS) is 13.7. The van der Waals surface area contributed by atoms with Crippen molar-refractivity contribution in [1.29, 1.82) is 0 Å². The van der Waals surface area contributed by atoms with E-state index in [-0.39, 0.29) is 0 Å². The van der Waals surface area contributed by atoms with Gasteiger partial charge in [-0.15, -0.1) is 11.8 Å². The first kappa shape index (κ1) is 9.32. The Balaban J connectivity index is 3.39. The van der Waals surface area contributed by atoms with E-state index in [0.29, 0.717) is 5.75 Å². The molecule has 5 N–H and O–H groups in total. The van der Waals surface area contributed by atoms with Gasteiger partial charge < -0.3 is 16.6 Å². The van der Waals surface area contributed by atoms with E-state index in [1.807, 2.05) is 0 Å². The van der Waals surface area contributed by atoms with E-state index in [2.05, 4.69) is 0 Å². The molecule has 0 aromatic carbocycles. The molecule has 4 nitrogen and oxygen atoms in total. The minimum Gasteiger partial charge on any atom is -0.480 e. The molecule has 0 saturated heterocycles. The van der Waals surface area contributed by atoms with Crippen LogP contribution in [-0.4, -0.2) is 22.9 Å². The van der Waals surface area contributed by atoms with Crippen molar-refractivity contribution >= 4 is 17.7 Å². The molecule has 0 radical (unpaired) electrons. The van der Waals surface area contributed by atoms with Gasteiger partial charge in [0.25, 0.3) is 0 Å². The van der Waals surface area contributed by atoms with E-state index >= 15 is 0 Å². The van der Waals surface area contributed by atoms with E-state index < -0.39 is 12.0 Å². The SMILES string of the molecule is N/C=C/SC[C@@H](N)C(=O)O. The summed E-state index contributed by atoms with van der Waals surface area (Å²) in [4.78, 5) is 10.1. The average molecular weight is 162 g/mol. The van der Waals surface area contributed by atoms with Crippen LogP contribution in [0.25, 0.3) is 0 Å². The van der Waals surface area contributed by atoms with Crippen molar-refractivity contribution in [3.05, 3.63) is 11.6 Å². The van der Waals surface area contributed by atoms with Gasteiger partial charge in [-0.1, -0.05) is 0 Å². The fourth-order valence-corrected chi connectivity index (χ4v) is 0.858. The summed E-state index contributed by atoms with van der Waals surface area (Å²) in [5, 5.41) is 9.89. The molecule has 0 heterocycles.